The van der Waals surface area contributed by atoms with Crippen LogP contribution >= 0.6 is 7.82 Å². The SMILES string of the molecule is CC/C=C\C/C=C\C/C=C\C/C=C\CCCCCCC(=O)OC(COC(=O)CCCCCCC/C=C\C/C=C\C/C=C\CC)COP(=O)(O)OCC(CO)OC(=O)CCCCCCCCCCC. The van der Waals surface area contributed by atoms with Gasteiger partial charge in [-0.2, -0.15) is 0 Å². The summed E-state index contributed by atoms with van der Waals surface area (Å²) in [6, 6.07) is 0. The number of phosphoric ester groups is 1. The topological polar surface area (TPSA) is 155 Å². The van der Waals surface area contributed by atoms with Crippen molar-refractivity contribution in [1.29, 1.82) is 0 Å². The molecular formula is C56H95O11P. The molecule has 3 unspecified atom stereocenters. The number of esters is 3. The van der Waals surface area contributed by atoms with E-state index in [0.29, 0.717) is 19.3 Å². The van der Waals surface area contributed by atoms with E-state index in [4.69, 9.17) is 23.3 Å². The number of aliphatic hydroxyl groups is 1. The molecule has 3 atom stereocenters. The molecule has 0 radical (unpaired) electrons. The molecule has 68 heavy (non-hydrogen) atoms. The predicted molar refractivity (Wildman–Crippen MR) is 279 cm³/mol. The van der Waals surface area contributed by atoms with E-state index in [1.165, 1.54) is 32.1 Å². The molecule has 0 saturated carbocycles. The van der Waals surface area contributed by atoms with Gasteiger partial charge >= 0.3 is 25.7 Å². The van der Waals surface area contributed by atoms with E-state index in [-0.39, 0.29) is 25.9 Å². The van der Waals surface area contributed by atoms with E-state index in [0.717, 1.165) is 122 Å². The Hall–Kier alpha value is -3.34. The smallest absolute Gasteiger partial charge is 0.462 e. The summed E-state index contributed by atoms with van der Waals surface area (Å²) in [6.07, 6.45) is 55.6. The van der Waals surface area contributed by atoms with Gasteiger partial charge in [0.2, 0.25) is 0 Å². The number of aliphatic hydroxyl groups excluding tert-OH is 1. The molecule has 12 heteroatoms. The molecule has 11 nitrogen and oxygen atoms in total. The van der Waals surface area contributed by atoms with Crippen molar-refractivity contribution in [2.24, 2.45) is 0 Å². The van der Waals surface area contributed by atoms with Gasteiger partial charge in [-0.1, -0.05) is 189 Å². The number of rotatable bonds is 48. The second-order valence-electron chi connectivity index (χ2n) is 17.3. The molecule has 0 aromatic heterocycles. The van der Waals surface area contributed by atoms with Gasteiger partial charge in [-0.3, -0.25) is 23.4 Å². The Morgan fingerprint density at radius 3 is 1.18 bits per heavy atom. The fraction of sp³-hybridized carbons (Fsp3) is 0.696. The second kappa shape index (κ2) is 50.1. The molecule has 0 aliphatic rings. The van der Waals surface area contributed by atoms with Crippen LogP contribution in [0.4, 0.5) is 0 Å². The van der Waals surface area contributed by atoms with E-state index in [1.54, 1.807) is 0 Å². The maximum absolute atomic E-state index is 12.9. The van der Waals surface area contributed by atoms with Crippen LogP contribution in [-0.4, -0.2) is 66.5 Å². The minimum Gasteiger partial charge on any atom is -0.462 e. The number of ether oxygens (including phenoxy) is 3. The molecule has 0 aromatic rings. The van der Waals surface area contributed by atoms with Gasteiger partial charge in [-0.15, -0.1) is 0 Å². The van der Waals surface area contributed by atoms with Crippen molar-refractivity contribution in [2.45, 2.75) is 226 Å². The first-order chi connectivity index (χ1) is 33.2. The van der Waals surface area contributed by atoms with Crippen molar-refractivity contribution in [2.75, 3.05) is 26.4 Å². The number of hydrogen-bond acceptors (Lipinski definition) is 10. The zero-order chi connectivity index (χ0) is 49.9. The molecule has 2 N–H and O–H groups in total. The van der Waals surface area contributed by atoms with Gasteiger partial charge in [0, 0.05) is 19.3 Å². The van der Waals surface area contributed by atoms with E-state index < -0.39 is 57.8 Å². The first kappa shape index (κ1) is 64.7. The maximum Gasteiger partial charge on any atom is 0.472 e. The Balaban J connectivity index is 4.82. The molecule has 0 bridgehead atoms. The third-order valence-corrected chi connectivity index (χ3v) is 11.8. The van der Waals surface area contributed by atoms with Gasteiger partial charge in [-0.25, -0.2) is 4.57 Å². The van der Waals surface area contributed by atoms with Crippen LogP contribution in [0.15, 0.2) is 85.1 Å². The monoisotopic (exact) mass is 975 g/mol. The molecule has 0 amide bonds. The van der Waals surface area contributed by atoms with E-state index >= 15 is 0 Å². The van der Waals surface area contributed by atoms with Crippen LogP contribution in [0, 0.1) is 0 Å². The molecule has 0 saturated heterocycles. The quantitative estimate of drug-likeness (QED) is 0.0197. The highest BCUT2D eigenvalue weighted by atomic mass is 31.2. The fourth-order valence-corrected chi connectivity index (χ4v) is 7.61. The van der Waals surface area contributed by atoms with Crippen LogP contribution < -0.4 is 0 Å². The Morgan fingerprint density at radius 1 is 0.426 bits per heavy atom. The van der Waals surface area contributed by atoms with E-state index in [1.807, 2.05) is 0 Å². The lowest BCUT2D eigenvalue weighted by molar-refractivity contribution is -0.161. The summed E-state index contributed by atoms with van der Waals surface area (Å²) in [5.74, 6) is -1.52. The summed E-state index contributed by atoms with van der Waals surface area (Å²) < 4.78 is 39.3. The molecule has 0 spiro atoms. The van der Waals surface area contributed by atoms with Crippen molar-refractivity contribution in [3.63, 3.8) is 0 Å². The van der Waals surface area contributed by atoms with Crippen LogP contribution in [0.3, 0.4) is 0 Å². The highest BCUT2D eigenvalue weighted by Gasteiger charge is 2.28. The normalized spacial score (nSPS) is 14.1. The third-order valence-electron chi connectivity index (χ3n) is 10.8. The van der Waals surface area contributed by atoms with Gasteiger partial charge in [0.05, 0.1) is 19.8 Å². The standard InChI is InChI=1S/C56H95O11P/c1-4-7-10-13-16-19-21-23-25-26-28-30-32-35-38-41-44-47-56(60)67-53(49-63-54(58)45-42-39-36-34-31-29-27-24-22-20-17-14-11-8-5-2)51-65-68(61,62)64-50-52(48-57)66-55(59)46-43-40-37-33-18-15-12-9-6-3/h7-8,10-11,16-17,19-20,23-25,27-28,30,52-53,57H,4-6,9,12-15,18,21-22,26,29,31-51H2,1-3H3,(H,61,62)/b10-7-,11-8-,19-16-,20-17-,25-23-,27-24-,30-28-. The van der Waals surface area contributed by atoms with Crippen LogP contribution in [0.5, 0.6) is 0 Å². The molecule has 0 rings (SSSR count). The first-order valence-corrected chi connectivity index (χ1v) is 28.0. The number of carbonyl (C=O) groups excluding carboxylic acids is 3. The van der Waals surface area contributed by atoms with Crippen LogP contribution in [0.2, 0.25) is 0 Å². The number of phosphoric acid groups is 1. The van der Waals surface area contributed by atoms with Crippen molar-refractivity contribution in [3.05, 3.63) is 85.1 Å². The molecule has 0 aliphatic heterocycles. The van der Waals surface area contributed by atoms with Gasteiger partial charge in [-0.05, 0) is 89.9 Å². The molecule has 0 heterocycles. The lowest BCUT2D eigenvalue weighted by Gasteiger charge is -2.21. The average Bonchev–Trinajstić information content (AvgIpc) is 3.32. The summed E-state index contributed by atoms with van der Waals surface area (Å²) in [4.78, 5) is 48.3. The summed E-state index contributed by atoms with van der Waals surface area (Å²) in [5, 5.41) is 9.75. The number of hydrogen-bond donors (Lipinski definition) is 2. The minimum absolute atomic E-state index is 0.133. The van der Waals surface area contributed by atoms with Gasteiger partial charge in [0.15, 0.2) is 6.10 Å². The largest absolute Gasteiger partial charge is 0.472 e. The molecule has 0 aromatic carbocycles. The molecule has 0 fully saturated rings. The van der Waals surface area contributed by atoms with Crippen LogP contribution in [-0.2, 0) is 42.2 Å². The van der Waals surface area contributed by atoms with Crippen LogP contribution in [0.1, 0.15) is 213 Å². The van der Waals surface area contributed by atoms with Gasteiger partial charge in [0.1, 0.15) is 12.7 Å². The highest BCUT2D eigenvalue weighted by Crippen LogP contribution is 2.43. The van der Waals surface area contributed by atoms with E-state index in [2.05, 4.69) is 106 Å². The van der Waals surface area contributed by atoms with Gasteiger partial charge in [0.25, 0.3) is 0 Å². The molecule has 390 valence electrons. The number of allylic oxidation sites excluding steroid dienone is 14. The third kappa shape index (κ3) is 47.7. The summed E-state index contributed by atoms with van der Waals surface area (Å²) in [5.41, 5.74) is 0. The Kier molecular flexibility index (Phi) is 47.6. The zero-order valence-corrected chi connectivity index (χ0v) is 43.7. The lowest BCUT2D eigenvalue weighted by atomic mass is 10.1. The van der Waals surface area contributed by atoms with Gasteiger partial charge < -0.3 is 24.2 Å². The summed E-state index contributed by atoms with van der Waals surface area (Å²) >= 11 is 0. The predicted octanol–water partition coefficient (Wildman–Crippen LogP) is 15.1. The minimum atomic E-state index is -4.75. The highest BCUT2D eigenvalue weighted by molar-refractivity contribution is 7.47. The lowest BCUT2D eigenvalue weighted by Crippen LogP contribution is -2.30. The Bertz CT molecular complexity index is 1460. The van der Waals surface area contributed by atoms with E-state index in [9.17, 15) is 28.9 Å². The Labute approximate surface area is 413 Å². The average molecular weight is 975 g/mol. The summed E-state index contributed by atoms with van der Waals surface area (Å²) in [6.45, 7) is 4.33. The Morgan fingerprint density at radius 2 is 0.765 bits per heavy atom. The second-order valence-corrected chi connectivity index (χ2v) is 18.7. The van der Waals surface area contributed by atoms with Crippen molar-refractivity contribution in [3.8, 4) is 0 Å². The van der Waals surface area contributed by atoms with Crippen molar-refractivity contribution in [1.82, 2.24) is 0 Å². The maximum atomic E-state index is 12.9. The molecular weight excluding hydrogens is 880 g/mol. The van der Waals surface area contributed by atoms with Crippen molar-refractivity contribution >= 4 is 25.7 Å². The summed E-state index contributed by atoms with van der Waals surface area (Å²) in [7, 11) is -4.75. The first-order valence-electron chi connectivity index (χ1n) is 26.5. The fourth-order valence-electron chi connectivity index (χ4n) is 6.83. The number of carbonyl (C=O) groups is 3. The van der Waals surface area contributed by atoms with Crippen molar-refractivity contribution < 1.29 is 52.2 Å². The number of unbranched alkanes of at least 4 members (excludes halogenated alkanes) is 17. The zero-order valence-electron chi connectivity index (χ0n) is 42.8. The molecule has 0 aliphatic carbocycles. The van der Waals surface area contributed by atoms with Crippen LogP contribution in [0.25, 0.3) is 0 Å².